The molecule has 1 aromatic rings. The molecule has 76 valence electrons. The summed E-state index contributed by atoms with van der Waals surface area (Å²) in [6.45, 7) is 1.25. The number of carbonyl (C=O) groups excluding carboxylic acids is 1. The predicted molar refractivity (Wildman–Crippen MR) is 44.1 cm³/mol. The quantitative estimate of drug-likeness (QED) is 0.722. The molecule has 1 heterocycles. The summed E-state index contributed by atoms with van der Waals surface area (Å²) >= 11 is 4.98. The number of aryl methyl sites for hydroxylation is 1. The van der Waals surface area contributed by atoms with Gasteiger partial charge in [-0.25, -0.2) is 18.2 Å². The van der Waals surface area contributed by atoms with Crippen LogP contribution in [-0.4, -0.2) is 10.2 Å². The summed E-state index contributed by atoms with van der Waals surface area (Å²) in [5, 5.41) is -1.11. The third kappa shape index (κ3) is 2.04. The number of nitrogens with zero attached hydrogens (tertiary/aromatic N) is 1. The number of aromatic nitrogens is 1. The predicted octanol–water partition coefficient (Wildman–Crippen LogP) is 2.85. The fraction of sp³-hybridized carbons (Fsp3) is 0.250. The molecule has 0 aliphatic rings. The van der Waals surface area contributed by atoms with Gasteiger partial charge in [0.15, 0.2) is 11.5 Å². The lowest BCUT2D eigenvalue weighted by atomic mass is 10.2. The zero-order valence-electron chi connectivity index (χ0n) is 7.02. The molecule has 0 unspecified atom stereocenters. The SMILES string of the molecule is Cc1nc(C(=O)Cl)c(F)cc1C(F)F. The number of hydrogen-bond donors (Lipinski definition) is 0. The van der Waals surface area contributed by atoms with Crippen LogP contribution in [0.15, 0.2) is 6.07 Å². The van der Waals surface area contributed by atoms with Crippen LogP contribution in [0.25, 0.3) is 0 Å². The highest BCUT2D eigenvalue weighted by Gasteiger charge is 2.18. The highest BCUT2D eigenvalue weighted by Crippen LogP contribution is 2.23. The highest BCUT2D eigenvalue weighted by molar-refractivity contribution is 6.67. The van der Waals surface area contributed by atoms with E-state index in [1.807, 2.05) is 0 Å². The van der Waals surface area contributed by atoms with Gasteiger partial charge in [-0.2, -0.15) is 0 Å². The summed E-state index contributed by atoms with van der Waals surface area (Å²) in [5.74, 6) is -1.13. The van der Waals surface area contributed by atoms with E-state index in [1.165, 1.54) is 6.92 Å². The van der Waals surface area contributed by atoms with Crippen LogP contribution in [0.3, 0.4) is 0 Å². The Labute approximate surface area is 82.7 Å². The molecule has 0 radical (unpaired) electrons. The minimum absolute atomic E-state index is 0.106. The van der Waals surface area contributed by atoms with Crippen molar-refractivity contribution in [1.82, 2.24) is 4.98 Å². The minimum Gasteiger partial charge on any atom is -0.274 e. The average molecular weight is 224 g/mol. The lowest BCUT2D eigenvalue weighted by molar-refractivity contribution is 0.107. The monoisotopic (exact) mass is 223 g/mol. The third-order valence-electron chi connectivity index (χ3n) is 1.63. The van der Waals surface area contributed by atoms with Crippen LogP contribution in [0.1, 0.15) is 28.2 Å². The lowest BCUT2D eigenvalue weighted by Gasteiger charge is -2.05. The second-order valence-electron chi connectivity index (χ2n) is 2.57. The first-order valence-corrected chi connectivity index (χ1v) is 3.96. The molecule has 0 aliphatic carbocycles. The summed E-state index contributed by atoms with van der Waals surface area (Å²) < 4.78 is 37.4. The third-order valence-corrected chi connectivity index (χ3v) is 1.81. The Bertz CT molecular complexity index is 381. The Morgan fingerprint density at radius 3 is 2.57 bits per heavy atom. The molecule has 1 aromatic heterocycles. The van der Waals surface area contributed by atoms with Gasteiger partial charge >= 0.3 is 0 Å². The Hall–Kier alpha value is -1.10. The molecule has 0 bridgehead atoms. The molecular formula is C8H5ClF3NO. The summed E-state index contributed by atoms with van der Waals surface area (Å²) in [5.41, 5.74) is -1.27. The molecule has 0 spiro atoms. The Morgan fingerprint density at radius 1 is 1.57 bits per heavy atom. The Balaban J connectivity index is 3.31. The molecule has 2 nitrogen and oxygen atoms in total. The fourth-order valence-electron chi connectivity index (χ4n) is 0.954. The van der Waals surface area contributed by atoms with Gasteiger partial charge in [0.1, 0.15) is 0 Å². The second kappa shape index (κ2) is 3.96. The van der Waals surface area contributed by atoms with Gasteiger partial charge in [-0.05, 0) is 24.6 Å². The van der Waals surface area contributed by atoms with Gasteiger partial charge in [-0.15, -0.1) is 0 Å². The van der Waals surface area contributed by atoms with E-state index in [4.69, 9.17) is 11.6 Å². The molecule has 1 rings (SSSR count). The van der Waals surface area contributed by atoms with Crippen molar-refractivity contribution in [3.8, 4) is 0 Å². The average Bonchev–Trinajstić information content (AvgIpc) is 2.07. The molecule has 0 N–H and O–H groups in total. The van der Waals surface area contributed by atoms with Gasteiger partial charge in [-0.3, -0.25) is 4.79 Å². The molecule has 14 heavy (non-hydrogen) atoms. The number of alkyl halides is 2. The number of carbonyl (C=O) groups is 1. The van der Waals surface area contributed by atoms with Crippen LogP contribution in [0.2, 0.25) is 0 Å². The van der Waals surface area contributed by atoms with Gasteiger partial charge < -0.3 is 0 Å². The van der Waals surface area contributed by atoms with Crippen molar-refractivity contribution in [2.24, 2.45) is 0 Å². The first kappa shape index (κ1) is 11.0. The normalized spacial score (nSPS) is 10.7. The van der Waals surface area contributed by atoms with Crippen molar-refractivity contribution < 1.29 is 18.0 Å². The summed E-state index contributed by atoms with van der Waals surface area (Å²) in [7, 11) is 0. The van der Waals surface area contributed by atoms with E-state index in [1.54, 1.807) is 0 Å². The fourth-order valence-corrected chi connectivity index (χ4v) is 1.09. The van der Waals surface area contributed by atoms with Gasteiger partial charge in [0.2, 0.25) is 0 Å². The van der Waals surface area contributed by atoms with Crippen molar-refractivity contribution in [2.45, 2.75) is 13.3 Å². The second-order valence-corrected chi connectivity index (χ2v) is 2.91. The van der Waals surface area contributed by atoms with Gasteiger partial charge in [-0.1, -0.05) is 0 Å². The van der Waals surface area contributed by atoms with Crippen LogP contribution in [0, 0.1) is 12.7 Å². The maximum Gasteiger partial charge on any atom is 0.273 e. The summed E-state index contributed by atoms with van der Waals surface area (Å²) in [6.07, 6.45) is -2.82. The maximum absolute atomic E-state index is 12.9. The van der Waals surface area contributed by atoms with Crippen LogP contribution < -0.4 is 0 Å². The molecule has 6 heteroatoms. The van der Waals surface area contributed by atoms with Crippen molar-refractivity contribution in [3.05, 3.63) is 28.8 Å². The van der Waals surface area contributed by atoms with Crippen LogP contribution >= 0.6 is 11.6 Å². The largest absolute Gasteiger partial charge is 0.274 e. The van der Waals surface area contributed by atoms with E-state index in [0.29, 0.717) is 6.07 Å². The molecule has 0 saturated carbocycles. The topological polar surface area (TPSA) is 30.0 Å². The summed E-state index contributed by atoms with van der Waals surface area (Å²) in [4.78, 5) is 13.9. The maximum atomic E-state index is 12.9. The summed E-state index contributed by atoms with van der Waals surface area (Å²) in [6, 6.07) is 0.572. The van der Waals surface area contributed by atoms with Crippen molar-refractivity contribution in [1.29, 1.82) is 0 Å². The van der Waals surface area contributed by atoms with E-state index < -0.39 is 28.7 Å². The first-order valence-electron chi connectivity index (χ1n) is 3.58. The van der Waals surface area contributed by atoms with E-state index >= 15 is 0 Å². The number of pyridine rings is 1. The zero-order chi connectivity index (χ0) is 10.9. The minimum atomic E-state index is -2.82. The van der Waals surface area contributed by atoms with E-state index in [9.17, 15) is 18.0 Å². The standard InChI is InChI=1S/C8H5ClF3NO/c1-3-4(8(11)12)2-5(10)6(13-3)7(9)14/h2,8H,1H3. The van der Waals surface area contributed by atoms with Crippen LogP contribution in [0.5, 0.6) is 0 Å². The van der Waals surface area contributed by atoms with Crippen molar-refractivity contribution in [3.63, 3.8) is 0 Å². The van der Waals surface area contributed by atoms with Crippen LogP contribution in [-0.2, 0) is 0 Å². The highest BCUT2D eigenvalue weighted by atomic mass is 35.5. The van der Waals surface area contributed by atoms with Gasteiger partial charge in [0.25, 0.3) is 11.7 Å². The Kier molecular flexibility index (Phi) is 3.10. The molecule has 0 amide bonds. The smallest absolute Gasteiger partial charge is 0.273 e. The van der Waals surface area contributed by atoms with Crippen LogP contribution in [0.4, 0.5) is 13.2 Å². The van der Waals surface area contributed by atoms with Gasteiger partial charge in [0.05, 0.1) is 0 Å². The van der Waals surface area contributed by atoms with Crippen molar-refractivity contribution >= 4 is 16.8 Å². The zero-order valence-corrected chi connectivity index (χ0v) is 7.78. The van der Waals surface area contributed by atoms with E-state index in [-0.39, 0.29) is 5.69 Å². The molecule has 0 fully saturated rings. The van der Waals surface area contributed by atoms with E-state index in [2.05, 4.69) is 4.98 Å². The molecule has 0 aromatic carbocycles. The molecule has 0 aliphatic heterocycles. The van der Waals surface area contributed by atoms with Crippen molar-refractivity contribution in [2.75, 3.05) is 0 Å². The number of hydrogen-bond acceptors (Lipinski definition) is 2. The van der Waals surface area contributed by atoms with E-state index in [0.717, 1.165) is 0 Å². The first-order chi connectivity index (χ1) is 6.43. The lowest BCUT2D eigenvalue weighted by Crippen LogP contribution is -2.04. The number of rotatable bonds is 2. The number of halogens is 4. The molecular weight excluding hydrogens is 219 g/mol. The Morgan fingerprint density at radius 2 is 2.14 bits per heavy atom. The van der Waals surface area contributed by atoms with Gasteiger partial charge in [0, 0.05) is 11.3 Å². The molecule has 0 atom stereocenters. The molecule has 0 saturated heterocycles.